The van der Waals surface area contributed by atoms with E-state index in [1.807, 2.05) is 30.6 Å². The van der Waals surface area contributed by atoms with E-state index in [1.165, 1.54) is 0 Å². The molecule has 1 unspecified atom stereocenters. The summed E-state index contributed by atoms with van der Waals surface area (Å²) in [6, 6.07) is 5.38. The summed E-state index contributed by atoms with van der Waals surface area (Å²) in [5, 5.41) is 0. The Labute approximate surface area is 190 Å². The second kappa shape index (κ2) is 9.12. The van der Waals surface area contributed by atoms with E-state index in [0.29, 0.717) is 62.8 Å². The molecule has 2 amide bonds. The van der Waals surface area contributed by atoms with E-state index in [2.05, 4.69) is 0 Å². The third-order valence-electron chi connectivity index (χ3n) is 6.70. The van der Waals surface area contributed by atoms with Crippen LogP contribution in [-0.2, 0) is 9.59 Å². The standard InChI is InChI=1S/C25H34N2O5/c1-25(2,3)24(30)27-10-4-5-19(16-27)23(29)26-11-8-17(9-12-26)22(28)18-6-7-20-21(15-18)32-14-13-31-20/h6-7,15,17,19H,4-5,8-14,16H2,1-3H3. The lowest BCUT2D eigenvalue weighted by Crippen LogP contribution is -2.50. The van der Waals surface area contributed by atoms with Crippen LogP contribution in [0.25, 0.3) is 0 Å². The molecule has 1 aromatic carbocycles. The lowest BCUT2D eigenvalue weighted by atomic mass is 9.87. The van der Waals surface area contributed by atoms with Gasteiger partial charge in [-0.1, -0.05) is 20.8 Å². The molecule has 1 aromatic rings. The highest BCUT2D eigenvalue weighted by Crippen LogP contribution is 2.33. The SMILES string of the molecule is CC(C)(C)C(=O)N1CCCC(C(=O)N2CCC(C(=O)c3ccc4c(c3)OCCO4)CC2)C1. The van der Waals surface area contributed by atoms with Gasteiger partial charge in [-0.3, -0.25) is 14.4 Å². The summed E-state index contributed by atoms with van der Waals surface area (Å²) >= 11 is 0. The lowest BCUT2D eigenvalue weighted by Gasteiger charge is -2.39. The molecule has 3 aliphatic heterocycles. The van der Waals surface area contributed by atoms with Crippen LogP contribution >= 0.6 is 0 Å². The maximum atomic E-state index is 13.2. The molecular formula is C25H34N2O5. The zero-order valence-electron chi connectivity index (χ0n) is 19.4. The molecule has 7 heteroatoms. The fourth-order valence-corrected chi connectivity index (χ4v) is 4.89. The van der Waals surface area contributed by atoms with Crippen LogP contribution in [0.4, 0.5) is 0 Å². The van der Waals surface area contributed by atoms with Crippen LogP contribution in [0.3, 0.4) is 0 Å². The zero-order valence-corrected chi connectivity index (χ0v) is 19.4. The van der Waals surface area contributed by atoms with Crippen LogP contribution in [0.15, 0.2) is 18.2 Å². The fourth-order valence-electron chi connectivity index (χ4n) is 4.89. The second-order valence-corrected chi connectivity index (χ2v) is 10.2. The monoisotopic (exact) mass is 442 g/mol. The average Bonchev–Trinajstić information content (AvgIpc) is 2.82. The van der Waals surface area contributed by atoms with Crippen molar-refractivity contribution >= 4 is 17.6 Å². The first-order chi connectivity index (χ1) is 15.2. The first-order valence-electron chi connectivity index (χ1n) is 11.8. The summed E-state index contributed by atoms with van der Waals surface area (Å²) in [5.41, 5.74) is 0.208. The summed E-state index contributed by atoms with van der Waals surface area (Å²) in [4.78, 5) is 42.6. The van der Waals surface area contributed by atoms with Gasteiger partial charge < -0.3 is 19.3 Å². The molecule has 1 atom stereocenters. The topological polar surface area (TPSA) is 76.2 Å². The van der Waals surface area contributed by atoms with E-state index < -0.39 is 5.41 Å². The van der Waals surface area contributed by atoms with Crippen LogP contribution in [0.2, 0.25) is 0 Å². The highest BCUT2D eigenvalue weighted by Gasteiger charge is 2.36. The number of amides is 2. The number of carbonyl (C=O) groups is 3. The molecule has 3 heterocycles. The minimum atomic E-state index is -0.433. The van der Waals surface area contributed by atoms with Gasteiger partial charge in [-0.25, -0.2) is 0 Å². The molecule has 7 nitrogen and oxygen atoms in total. The largest absolute Gasteiger partial charge is 0.486 e. The predicted octanol–water partition coefficient (Wildman–Crippen LogP) is 3.16. The number of benzene rings is 1. The van der Waals surface area contributed by atoms with Crippen LogP contribution in [0.1, 0.15) is 56.8 Å². The van der Waals surface area contributed by atoms with Crippen molar-refractivity contribution in [1.29, 1.82) is 0 Å². The van der Waals surface area contributed by atoms with Gasteiger partial charge in [0.1, 0.15) is 13.2 Å². The van der Waals surface area contributed by atoms with Crippen molar-refractivity contribution < 1.29 is 23.9 Å². The van der Waals surface area contributed by atoms with Crippen molar-refractivity contribution in [3.05, 3.63) is 23.8 Å². The quantitative estimate of drug-likeness (QED) is 0.672. The van der Waals surface area contributed by atoms with E-state index in [0.717, 1.165) is 19.4 Å². The normalized spacial score (nSPS) is 21.9. The Hall–Kier alpha value is -2.57. The van der Waals surface area contributed by atoms with Gasteiger partial charge in [-0.05, 0) is 43.9 Å². The average molecular weight is 443 g/mol. The van der Waals surface area contributed by atoms with Crippen LogP contribution in [0, 0.1) is 17.3 Å². The smallest absolute Gasteiger partial charge is 0.227 e. The third-order valence-corrected chi connectivity index (χ3v) is 6.70. The molecule has 0 bridgehead atoms. The Morgan fingerprint density at radius 2 is 1.56 bits per heavy atom. The number of hydrogen-bond acceptors (Lipinski definition) is 5. The van der Waals surface area contributed by atoms with Gasteiger partial charge in [0.2, 0.25) is 11.8 Å². The number of nitrogens with zero attached hydrogens (tertiary/aromatic N) is 2. The molecule has 2 fully saturated rings. The number of Topliss-reactive ketones (excluding diaryl/α,β-unsaturated/α-hetero) is 1. The van der Waals surface area contributed by atoms with Gasteiger partial charge in [-0.15, -0.1) is 0 Å². The van der Waals surface area contributed by atoms with E-state index in [9.17, 15) is 14.4 Å². The van der Waals surface area contributed by atoms with Crippen LogP contribution in [-0.4, -0.2) is 66.8 Å². The number of rotatable bonds is 3. The maximum Gasteiger partial charge on any atom is 0.227 e. The number of likely N-dealkylation sites (tertiary alicyclic amines) is 2. The molecule has 4 rings (SSSR count). The van der Waals surface area contributed by atoms with E-state index in [1.54, 1.807) is 18.2 Å². The van der Waals surface area contributed by atoms with Crippen LogP contribution < -0.4 is 9.47 Å². The minimum Gasteiger partial charge on any atom is -0.486 e. The zero-order chi connectivity index (χ0) is 22.9. The number of hydrogen-bond donors (Lipinski definition) is 0. The van der Waals surface area contributed by atoms with Crippen molar-refractivity contribution in [3.63, 3.8) is 0 Å². The van der Waals surface area contributed by atoms with Gasteiger partial charge in [0.25, 0.3) is 0 Å². The third kappa shape index (κ3) is 4.76. The number of carbonyl (C=O) groups excluding carboxylic acids is 3. The highest BCUT2D eigenvalue weighted by atomic mass is 16.6. The van der Waals surface area contributed by atoms with Gasteiger partial charge in [0, 0.05) is 43.1 Å². The molecule has 0 radical (unpaired) electrons. The number of ketones is 1. The van der Waals surface area contributed by atoms with Crippen molar-refractivity contribution in [3.8, 4) is 11.5 Å². The number of piperidine rings is 2. The highest BCUT2D eigenvalue weighted by molar-refractivity contribution is 5.98. The summed E-state index contributed by atoms with van der Waals surface area (Å²) in [6.07, 6.45) is 3.01. The summed E-state index contributed by atoms with van der Waals surface area (Å²) in [7, 11) is 0. The number of fused-ring (bicyclic) bond motifs is 1. The fraction of sp³-hybridized carbons (Fsp3) is 0.640. The summed E-state index contributed by atoms with van der Waals surface area (Å²) < 4.78 is 11.1. The van der Waals surface area contributed by atoms with Crippen molar-refractivity contribution in [2.75, 3.05) is 39.4 Å². The first kappa shape index (κ1) is 22.6. The molecule has 174 valence electrons. The molecule has 0 N–H and O–H groups in total. The van der Waals surface area contributed by atoms with Gasteiger partial charge >= 0.3 is 0 Å². The Morgan fingerprint density at radius 1 is 0.875 bits per heavy atom. The van der Waals surface area contributed by atoms with Crippen LogP contribution in [0.5, 0.6) is 11.5 Å². The Kier molecular flexibility index (Phi) is 6.45. The Balaban J connectivity index is 1.33. The molecule has 32 heavy (non-hydrogen) atoms. The van der Waals surface area contributed by atoms with Crippen molar-refractivity contribution in [1.82, 2.24) is 9.80 Å². The van der Waals surface area contributed by atoms with Gasteiger partial charge in [-0.2, -0.15) is 0 Å². The predicted molar refractivity (Wildman–Crippen MR) is 120 cm³/mol. The number of ether oxygens (including phenoxy) is 2. The first-order valence-corrected chi connectivity index (χ1v) is 11.8. The summed E-state index contributed by atoms with van der Waals surface area (Å²) in [5.74, 6) is 1.42. The van der Waals surface area contributed by atoms with Crippen molar-refractivity contribution in [2.24, 2.45) is 17.3 Å². The molecule has 0 aromatic heterocycles. The molecule has 2 saturated heterocycles. The molecule has 3 aliphatic rings. The molecule has 0 aliphatic carbocycles. The Morgan fingerprint density at radius 3 is 2.25 bits per heavy atom. The molecule has 0 spiro atoms. The summed E-state index contributed by atoms with van der Waals surface area (Å²) in [6.45, 7) is 9.18. The molecular weight excluding hydrogens is 408 g/mol. The van der Waals surface area contributed by atoms with Gasteiger partial charge in [0.05, 0.1) is 5.92 Å². The minimum absolute atomic E-state index is 0.0908. The van der Waals surface area contributed by atoms with E-state index in [4.69, 9.17) is 9.47 Å². The maximum absolute atomic E-state index is 13.2. The second-order valence-electron chi connectivity index (χ2n) is 10.2. The van der Waals surface area contributed by atoms with Gasteiger partial charge in [0.15, 0.2) is 17.3 Å². The Bertz CT molecular complexity index is 883. The lowest BCUT2D eigenvalue weighted by molar-refractivity contribution is -0.145. The van der Waals surface area contributed by atoms with E-state index in [-0.39, 0.29) is 29.4 Å². The van der Waals surface area contributed by atoms with E-state index >= 15 is 0 Å². The molecule has 0 saturated carbocycles. The van der Waals surface area contributed by atoms with Crippen molar-refractivity contribution in [2.45, 2.75) is 46.5 Å².